The number of benzene rings is 1. The molecule has 0 N–H and O–H groups in total. The average Bonchev–Trinajstić information content (AvgIpc) is 3.21. The molecule has 114 valence electrons. The molecule has 3 aromatic heterocycles. The van der Waals surface area contributed by atoms with Gasteiger partial charge in [-0.25, -0.2) is 0 Å². The third kappa shape index (κ3) is 3.05. The molecule has 0 saturated carbocycles. The Hall–Kier alpha value is -2.03. The number of nitrogens with zero attached hydrogens (tertiary/aromatic N) is 4. The lowest BCUT2D eigenvalue weighted by atomic mass is 10.2. The Labute approximate surface area is 142 Å². The highest BCUT2D eigenvalue weighted by molar-refractivity contribution is 8.45. The smallest absolute Gasteiger partial charge is 0.233 e. The second-order valence-electron chi connectivity index (χ2n) is 4.57. The van der Waals surface area contributed by atoms with Crippen molar-refractivity contribution >= 4 is 42.9 Å². The van der Waals surface area contributed by atoms with E-state index in [1.807, 2.05) is 42.5 Å². The molecule has 0 spiro atoms. The van der Waals surface area contributed by atoms with Crippen molar-refractivity contribution in [1.82, 2.24) is 19.6 Å². The second-order valence-corrected chi connectivity index (χ2v) is 8.86. The Morgan fingerprint density at radius 1 is 1.09 bits per heavy atom. The fourth-order valence-electron chi connectivity index (χ4n) is 2.00. The molecule has 8 heteroatoms. The summed E-state index contributed by atoms with van der Waals surface area (Å²) in [5, 5.41) is 12.6. The molecule has 5 nitrogen and oxygen atoms in total. The van der Waals surface area contributed by atoms with Gasteiger partial charge in [-0.05, 0) is 10.4 Å². The minimum atomic E-state index is -0.322. The van der Waals surface area contributed by atoms with Gasteiger partial charge in [0.15, 0.2) is 15.1 Å². The number of fused-ring (bicyclic) bond motifs is 1. The van der Waals surface area contributed by atoms with Gasteiger partial charge in [0, 0.05) is 11.6 Å². The number of hydrogen-bond acceptors (Lipinski definition) is 7. The maximum Gasteiger partial charge on any atom is 0.233 e. The standard InChI is InChI=1S/C15H11N4OS3/c1-20-12-8-7-11-9-23(19-13(11)16-12)22-15-18-17-14(21-15)10-5-3-2-4-6-10/h2-9H,1H3/q+1. The molecule has 0 saturated heterocycles. The second kappa shape index (κ2) is 6.23. The van der Waals surface area contributed by atoms with E-state index >= 15 is 0 Å². The van der Waals surface area contributed by atoms with Crippen LogP contribution < -0.4 is 4.74 Å². The Kier molecular flexibility index (Phi) is 3.94. The lowest BCUT2D eigenvalue weighted by Gasteiger charge is -1.93. The van der Waals surface area contributed by atoms with Crippen LogP contribution in [0.15, 0.2) is 52.2 Å². The highest BCUT2D eigenvalue weighted by Crippen LogP contribution is 2.41. The SMILES string of the molecule is COc1ccc2c[s+](Sc3nnc(-c4ccccc4)s3)nc2n1. The Bertz CT molecular complexity index is 952. The molecule has 4 aromatic rings. The number of methoxy groups -OCH3 is 1. The first-order valence-electron chi connectivity index (χ1n) is 6.74. The predicted octanol–water partition coefficient (Wildman–Crippen LogP) is 4.46. The number of pyridine rings is 1. The minimum absolute atomic E-state index is 0.322. The molecular weight excluding hydrogens is 348 g/mol. The molecule has 0 radical (unpaired) electrons. The van der Waals surface area contributed by atoms with Crippen molar-refractivity contribution in [1.29, 1.82) is 0 Å². The largest absolute Gasteiger partial charge is 0.481 e. The molecule has 0 aliphatic carbocycles. The summed E-state index contributed by atoms with van der Waals surface area (Å²) >= 11 is 1.58. The van der Waals surface area contributed by atoms with Crippen molar-refractivity contribution in [2.45, 2.75) is 4.34 Å². The van der Waals surface area contributed by atoms with Crippen LogP contribution in [0, 0.1) is 0 Å². The number of rotatable bonds is 4. The van der Waals surface area contributed by atoms with Gasteiger partial charge in [-0.1, -0.05) is 41.7 Å². The summed E-state index contributed by atoms with van der Waals surface area (Å²) < 4.78 is 10.7. The Morgan fingerprint density at radius 2 is 1.96 bits per heavy atom. The Balaban J connectivity index is 1.60. The average molecular weight is 359 g/mol. The molecular formula is C15H11N4OS3+. The first-order valence-corrected chi connectivity index (χ1v) is 10.1. The van der Waals surface area contributed by atoms with Crippen LogP contribution in [0.1, 0.15) is 0 Å². The van der Waals surface area contributed by atoms with Crippen molar-refractivity contribution in [3.63, 3.8) is 0 Å². The first kappa shape index (κ1) is 14.6. The summed E-state index contributed by atoms with van der Waals surface area (Å²) in [4.78, 5) is 4.36. The van der Waals surface area contributed by atoms with Gasteiger partial charge < -0.3 is 4.74 Å². The van der Waals surface area contributed by atoms with E-state index in [9.17, 15) is 0 Å². The summed E-state index contributed by atoms with van der Waals surface area (Å²) in [6.45, 7) is 0. The molecule has 1 aromatic carbocycles. The molecule has 4 rings (SSSR count). The topological polar surface area (TPSA) is 60.8 Å². The molecule has 1 unspecified atom stereocenters. The van der Waals surface area contributed by atoms with Crippen molar-refractivity contribution in [3.05, 3.63) is 47.8 Å². The fourth-order valence-corrected chi connectivity index (χ4v) is 6.28. The highest BCUT2D eigenvalue weighted by Gasteiger charge is 2.20. The van der Waals surface area contributed by atoms with Crippen LogP contribution >= 0.6 is 31.8 Å². The minimum Gasteiger partial charge on any atom is -0.481 e. The summed E-state index contributed by atoms with van der Waals surface area (Å²) in [5.74, 6) is 0.582. The van der Waals surface area contributed by atoms with Crippen LogP contribution in [0.2, 0.25) is 0 Å². The number of aromatic nitrogens is 4. The van der Waals surface area contributed by atoms with E-state index in [4.69, 9.17) is 4.74 Å². The maximum atomic E-state index is 5.14. The van der Waals surface area contributed by atoms with Crippen molar-refractivity contribution in [3.8, 4) is 16.5 Å². The first-order chi connectivity index (χ1) is 11.3. The van der Waals surface area contributed by atoms with Gasteiger partial charge in [-0.2, -0.15) is 4.98 Å². The van der Waals surface area contributed by atoms with Crippen molar-refractivity contribution in [2.24, 2.45) is 0 Å². The van der Waals surface area contributed by atoms with Crippen LogP contribution in [0.25, 0.3) is 21.6 Å². The zero-order valence-corrected chi connectivity index (χ0v) is 14.5. The zero-order valence-electron chi connectivity index (χ0n) is 12.0. The zero-order chi connectivity index (χ0) is 15.6. The quantitative estimate of drug-likeness (QED) is 0.396. The maximum absolute atomic E-state index is 5.14. The molecule has 0 bridgehead atoms. The van der Waals surface area contributed by atoms with Crippen LogP contribution in [0.4, 0.5) is 0 Å². The predicted molar refractivity (Wildman–Crippen MR) is 95.2 cm³/mol. The van der Waals surface area contributed by atoms with E-state index in [0.717, 1.165) is 25.9 Å². The van der Waals surface area contributed by atoms with Gasteiger partial charge in [0.05, 0.1) is 12.5 Å². The molecule has 0 amide bonds. The summed E-state index contributed by atoms with van der Waals surface area (Å²) in [6, 6.07) is 13.9. The number of ether oxygens (including phenoxy) is 1. The molecule has 0 aliphatic rings. The lowest BCUT2D eigenvalue weighted by molar-refractivity contribution is 0.399. The Morgan fingerprint density at radius 3 is 2.78 bits per heavy atom. The van der Waals surface area contributed by atoms with E-state index in [1.54, 1.807) is 29.2 Å². The van der Waals surface area contributed by atoms with Gasteiger partial charge in [0.1, 0.15) is 5.01 Å². The van der Waals surface area contributed by atoms with Crippen LogP contribution in [-0.4, -0.2) is 26.7 Å². The van der Waals surface area contributed by atoms with E-state index in [0.29, 0.717) is 5.88 Å². The third-order valence-corrected chi connectivity index (χ3v) is 7.36. The van der Waals surface area contributed by atoms with Gasteiger partial charge in [0.2, 0.25) is 26.7 Å². The molecule has 23 heavy (non-hydrogen) atoms. The van der Waals surface area contributed by atoms with Gasteiger partial charge in [-0.15, -0.1) is 10.2 Å². The van der Waals surface area contributed by atoms with Gasteiger partial charge in [-0.3, -0.25) is 0 Å². The van der Waals surface area contributed by atoms with Crippen LogP contribution in [-0.2, 0) is 0 Å². The molecule has 1 atom stereocenters. The third-order valence-electron chi connectivity index (χ3n) is 3.08. The highest BCUT2D eigenvalue weighted by atomic mass is 33.1. The molecule has 0 fully saturated rings. The summed E-state index contributed by atoms with van der Waals surface area (Å²) in [6.07, 6.45) is 0. The van der Waals surface area contributed by atoms with E-state index < -0.39 is 0 Å². The summed E-state index contributed by atoms with van der Waals surface area (Å²) in [5.41, 5.74) is 1.81. The summed E-state index contributed by atoms with van der Waals surface area (Å²) in [7, 11) is 2.89. The normalized spacial score (nSPS) is 11.8. The van der Waals surface area contributed by atoms with E-state index in [1.165, 1.54) is 0 Å². The monoisotopic (exact) mass is 359 g/mol. The number of hydrogen-bond donors (Lipinski definition) is 0. The van der Waals surface area contributed by atoms with E-state index in [-0.39, 0.29) is 9.70 Å². The molecule has 0 aliphatic heterocycles. The van der Waals surface area contributed by atoms with Gasteiger partial charge in [0.25, 0.3) is 0 Å². The van der Waals surface area contributed by atoms with Crippen LogP contribution in [0.3, 0.4) is 0 Å². The van der Waals surface area contributed by atoms with Crippen molar-refractivity contribution < 1.29 is 4.74 Å². The van der Waals surface area contributed by atoms with Crippen molar-refractivity contribution in [2.75, 3.05) is 7.11 Å². The fraction of sp³-hybridized carbons (Fsp3) is 0.0667. The van der Waals surface area contributed by atoms with E-state index in [2.05, 4.69) is 24.9 Å². The lowest BCUT2D eigenvalue weighted by Crippen LogP contribution is -1.86. The molecule has 3 heterocycles. The van der Waals surface area contributed by atoms with Crippen LogP contribution in [0.5, 0.6) is 5.88 Å². The van der Waals surface area contributed by atoms with Gasteiger partial charge >= 0.3 is 0 Å².